The van der Waals surface area contributed by atoms with Gasteiger partial charge in [0.15, 0.2) is 5.96 Å². The van der Waals surface area contributed by atoms with Crippen molar-refractivity contribution in [2.45, 2.75) is 39.2 Å². The fourth-order valence-corrected chi connectivity index (χ4v) is 3.42. The van der Waals surface area contributed by atoms with Crippen molar-refractivity contribution >= 4 is 35.1 Å². The molecule has 138 valence electrons. The van der Waals surface area contributed by atoms with Gasteiger partial charge >= 0.3 is 0 Å². The SMILES string of the molecule is CCNC(=NCCC(=O)N1CCCC1)NC(C)c1ccc(Cl)cc1Cl. The lowest BCUT2D eigenvalue weighted by molar-refractivity contribution is -0.129. The Morgan fingerprint density at radius 1 is 1.32 bits per heavy atom. The summed E-state index contributed by atoms with van der Waals surface area (Å²) in [5.74, 6) is 0.862. The summed E-state index contributed by atoms with van der Waals surface area (Å²) in [6.45, 7) is 6.99. The average molecular weight is 385 g/mol. The number of hydrogen-bond donors (Lipinski definition) is 2. The van der Waals surface area contributed by atoms with Crippen LogP contribution in [0.4, 0.5) is 0 Å². The molecule has 2 N–H and O–H groups in total. The molecule has 1 aromatic carbocycles. The van der Waals surface area contributed by atoms with Crippen LogP contribution in [0, 0.1) is 0 Å². The second-order valence-electron chi connectivity index (χ2n) is 6.13. The van der Waals surface area contributed by atoms with Crippen molar-refractivity contribution in [1.29, 1.82) is 0 Å². The maximum Gasteiger partial charge on any atom is 0.224 e. The van der Waals surface area contributed by atoms with Crippen LogP contribution in [0.2, 0.25) is 10.0 Å². The molecule has 1 amide bonds. The highest BCUT2D eigenvalue weighted by Crippen LogP contribution is 2.25. The largest absolute Gasteiger partial charge is 0.357 e. The van der Waals surface area contributed by atoms with E-state index in [1.54, 1.807) is 6.07 Å². The molecule has 1 aliphatic heterocycles. The van der Waals surface area contributed by atoms with Gasteiger partial charge in [-0.3, -0.25) is 9.79 Å². The van der Waals surface area contributed by atoms with Gasteiger partial charge < -0.3 is 15.5 Å². The zero-order valence-corrected chi connectivity index (χ0v) is 16.3. The molecule has 1 atom stereocenters. The minimum Gasteiger partial charge on any atom is -0.357 e. The third-order valence-corrected chi connectivity index (χ3v) is 4.74. The van der Waals surface area contributed by atoms with Crippen molar-refractivity contribution in [3.8, 4) is 0 Å². The van der Waals surface area contributed by atoms with E-state index in [-0.39, 0.29) is 11.9 Å². The Bertz CT molecular complexity index is 615. The van der Waals surface area contributed by atoms with Gasteiger partial charge in [-0.25, -0.2) is 0 Å². The first kappa shape index (κ1) is 19.9. The number of rotatable bonds is 6. The Hall–Kier alpha value is -1.46. The second-order valence-corrected chi connectivity index (χ2v) is 6.97. The molecule has 1 saturated heterocycles. The highest BCUT2D eigenvalue weighted by molar-refractivity contribution is 6.35. The van der Waals surface area contributed by atoms with E-state index >= 15 is 0 Å². The van der Waals surface area contributed by atoms with E-state index in [1.165, 1.54) is 0 Å². The Labute approximate surface area is 159 Å². The number of hydrogen-bond acceptors (Lipinski definition) is 2. The third kappa shape index (κ3) is 6.08. The molecule has 25 heavy (non-hydrogen) atoms. The average Bonchev–Trinajstić information content (AvgIpc) is 3.09. The zero-order valence-electron chi connectivity index (χ0n) is 14.8. The molecule has 0 aliphatic carbocycles. The van der Waals surface area contributed by atoms with Crippen LogP contribution in [0.15, 0.2) is 23.2 Å². The van der Waals surface area contributed by atoms with E-state index < -0.39 is 0 Å². The van der Waals surface area contributed by atoms with Gasteiger partial charge in [0.2, 0.25) is 5.91 Å². The van der Waals surface area contributed by atoms with Crippen molar-refractivity contribution in [3.63, 3.8) is 0 Å². The van der Waals surface area contributed by atoms with Crippen molar-refractivity contribution < 1.29 is 4.79 Å². The predicted octanol–water partition coefficient (Wildman–Crippen LogP) is 3.62. The number of nitrogens with zero attached hydrogens (tertiary/aromatic N) is 2. The molecule has 1 unspecified atom stereocenters. The van der Waals surface area contributed by atoms with Crippen molar-refractivity contribution in [3.05, 3.63) is 33.8 Å². The molecule has 0 aromatic heterocycles. The van der Waals surface area contributed by atoms with Crippen LogP contribution in [-0.2, 0) is 4.79 Å². The molecule has 0 radical (unpaired) electrons. The zero-order chi connectivity index (χ0) is 18.2. The van der Waals surface area contributed by atoms with Gasteiger partial charge in [-0.2, -0.15) is 0 Å². The standard InChI is InChI=1S/C18H26Cl2N4O/c1-3-21-18(22-9-8-17(25)24-10-4-5-11-24)23-13(2)15-7-6-14(19)12-16(15)20/h6-7,12-13H,3-5,8-11H2,1-2H3,(H2,21,22,23). The maximum atomic E-state index is 12.1. The molecule has 1 fully saturated rings. The van der Waals surface area contributed by atoms with Crippen LogP contribution in [0.3, 0.4) is 0 Å². The van der Waals surface area contributed by atoms with E-state index in [0.29, 0.717) is 29.0 Å². The van der Waals surface area contributed by atoms with Crippen LogP contribution in [0.25, 0.3) is 0 Å². The quantitative estimate of drug-likeness (QED) is 0.581. The van der Waals surface area contributed by atoms with E-state index in [4.69, 9.17) is 23.2 Å². The number of amides is 1. The van der Waals surface area contributed by atoms with Gasteiger partial charge in [-0.1, -0.05) is 29.3 Å². The summed E-state index contributed by atoms with van der Waals surface area (Å²) >= 11 is 12.2. The van der Waals surface area contributed by atoms with Crippen LogP contribution in [0.5, 0.6) is 0 Å². The van der Waals surface area contributed by atoms with Gasteiger partial charge in [0.05, 0.1) is 12.6 Å². The monoisotopic (exact) mass is 384 g/mol. The van der Waals surface area contributed by atoms with Crippen LogP contribution < -0.4 is 10.6 Å². The fraction of sp³-hybridized carbons (Fsp3) is 0.556. The number of benzene rings is 1. The molecule has 0 spiro atoms. The second kappa shape index (κ2) is 9.88. The van der Waals surface area contributed by atoms with E-state index in [9.17, 15) is 4.79 Å². The normalized spacial score (nSPS) is 16.0. The Morgan fingerprint density at radius 2 is 2.04 bits per heavy atom. The number of carbonyl (C=O) groups is 1. The first-order valence-corrected chi connectivity index (χ1v) is 9.54. The van der Waals surface area contributed by atoms with Gasteiger partial charge in [0.25, 0.3) is 0 Å². The number of halogens is 2. The van der Waals surface area contributed by atoms with Crippen molar-refractivity contribution in [1.82, 2.24) is 15.5 Å². The Balaban J connectivity index is 1.93. The summed E-state index contributed by atoms with van der Waals surface area (Å²) in [5.41, 5.74) is 0.949. The predicted molar refractivity (Wildman–Crippen MR) is 104 cm³/mol. The van der Waals surface area contributed by atoms with Crippen LogP contribution >= 0.6 is 23.2 Å². The molecule has 1 aliphatic rings. The summed E-state index contributed by atoms with van der Waals surface area (Å²) in [6, 6.07) is 5.43. The number of nitrogens with one attached hydrogen (secondary N) is 2. The molecule has 7 heteroatoms. The minimum atomic E-state index is -0.0307. The molecule has 1 heterocycles. The smallest absolute Gasteiger partial charge is 0.224 e. The molecule has 0 saturated carbocycles. The van der Waals surface area contributed by atoms with Crippen LogP contribution in [-0.4, -0.2) is 42.9 Å². The maximum absolute atomic E-state index is 12.1. The topological polar surface area (TPSA) is 56.7 Å². The van der Waals surface area contributed by atoms with Gasteiger partial charge in [-0.05, 0) is 44.4 Å². The lowest BCUT2D eigenvalue weighted by atomic mass is 10.1. The first-order chi connectivity index (χ1) is 12.0. The number of likely N-dealkylation sites (tertiary alicyclic amines) is 1. The lowest BCUT2D eigenvalue weighted by Crippen LogP contribution is -2.39. The first-order valence-electron chi connectivity index (χ1n) is 8.78. The molecule has 5 nitrogen and oxygen atoms in total. The molecule has 0 bridgehead atoms. The highest BCUT2D eigenvalue weighted by atomic mass is 35.5. The van der Waals surface area contributed by atoms with E-state index in [2.05, 4.69) is 15.6 Å². The third-order valence-electron chi connectivity index (χ3n) is 4.18. The number of carbonyl (C=O) groups excluding carboxylic acids is 1. The number of guanidine groups is 1. The summed E-state index contributed by atoms with van der Waals surface area (Å²) in [5, 5.41) is 7.76. The molecule has 2 rings (SSSR count). The summed E-state index contributed by atoms with van der Waals surface area (Å²) in [7, 11) is 0. The van der Waals surface area contributed by atoms with Gasteiger partial charge in [-0.15, -0.1) is 0 Å². The summed E-state index contributed by atoms with van der Waals surface area (Å²) in [6.07, 6.45) is 2.66. The van der Waals surface area contributed by atoms with Gasteiger partial charge in [0, 0.05) is 36.1 Å². The number of aliphatic imine (C=N–C) groups is 1. The van der Waals surface area contributed by atoms with Crippen molar-refractivity contribution in [2.75, 3.05) is 26.2 Å². The summed E-state index contributed by atoms with van der Waals surface area (Å²) < 4.78 is 0. The van der Waals surface area contributed by atoms with E-state index in [1.807, 2.05) is 30.9 Å². The molecular weight excluding hydrogens is 359 g/mol. The molecule has 1 aromatic rings. The van der Waals surface area contributed by atoms with Crippen molar-refractivity contribution in [2.24, 2.45) is 4.99 Å². The lowest BCUT2D eigenvalue weighted by Gasteiger charge is -2.19. The Morgan fingerprint density at radius 3 is 2.68 bits per heavy atom. The van der Waals surface area contributed by atoms with E-state index in [0.717, 1.165) is 38.0 Å². The Kier molecular flexibility index (Phi) is 7.85. The minimum absolute atomic E-state index is 0.0307. The van der Waals surface area contributed by atoms with Gasteiger partial charge in [0.1, 0.15) is 0 Å². The fourth-order valence-electron chi connectivity index (χ4n) is 2.84. The molecular formula is C18H26Cl2N4O. The highest BCUT2D eigenvalue weighted by Gasteiger charge is 2.17. The summed E-state index contributed by atoms with van der Waals surface area (Å²) in [4.78, 5) is 18.5. The van der Waals surface area contributed by atoms with Crippen LogP contribution in [0.1, 0.15) is 44.7 Å².